The van der Waals surface area contributed by atoms with E-state index in [0.717, 1.165) is 71.3 Å². The van der Waals surface area contributed by atoms with Crippen molar-refractivity contribution in [3.8, 4) is 11.5 Å². The van der Waals surface area contributed by atoms with E-state index in [-0.39, 0.29) is 12.2 Å². The van der Waals surface area contributed by atoms with Gasteiger partial charge in [0, 0.05) is 30.3 Å². The van der Waals surface area contributed by atoms with Gasteiger partial charge in [-0.1, -0.05) is 41.9 Å². The molecule has 0 radical (unpaired) electrons. The number of fused-ring (bicyclic) bond motifs is 2. The molecule has 0 amide bonds. The number of para-hydroxylation sites is 1. The Hall–Kier alpha value is -3.37. The molecule has 10 heteroatoms. The van der Waals surface area contributed by atoms with E-state index < -0.39 is 5.97 Å². The van der Waals surface area contributed by atoms with Crippen LogP contribution < -0.4 is 9.47 Å². The molecule has 4 aromatic rings. The Balaban J connectivity index is 1.08. The van der Waals surface area contributed by atoms with E-state index in [1.807, 2.05) is 36.4 Å². The van der Waals surface area contributed by atoms with E-state index in [0.29, 0.717) is 29.6 Å². The molecule has 8 nitrogen and oxygen atoms in total. The number of aromatic nitrogens is 2. The summed E-state index contributed by atoms with van der Waals surface area (Å²) in [6.45, 7) is 4.27. The Morgan fingerprint density at radius 1 is 1.20 bits per heavy atom. The van der Waals surface area contributed by atoms with E-state index in [2.05, 4.69) is 21.6 Å². The van der Waals surface area contributed by atoms with E-state index >= 15 is 0 Å². The summed E-state index contributed by atoms with van der Waals surface area (Å²) >= 11 is 7.28. The van der Waals surface area contributed by atoms with Crippen LogP contribution in [0.5, 0.6) is 11.5 Å². The lowest BCUT2D eigenvalue weighted by atomic mass is 9.97. The first-order chi connectivity index (χ1) is 19.5. The fourth-order valence-electron chi connectivity index (χ4n) is 5.52. The van der Waals surface area contributed by atoms with Crippen LogP contribution in [0.15, 0.2) is 54.6 Å². The Kier molecular flexibility index (Phi) is 6.75. The second-order valence-electron chi connectivity index (χ2n) is 10.3. The predicted molar refractivity (Wildman–Crippen MR) is 154 cm³/mol. The number of carboxylic acid groups (broad SMARTS) is 1. The molecule has 7 rings (SSSR count). The standard InChI is InChI=1S/C30H28ClN3O5S/c31-20-6-4-19(5-7-20)25-17-38-28-22(2-1-3-24(28)39-25)18-8-11-33(12-9-18)16-27-32-29-23(14-26(40-29)30(35)36)34(27)15-21-10-13-37-21/h1-8,14,21,25H,9-13,15-17H2,(H,35,36)/t21-,25-/m0/s1. The van der Waals surface area contributed by atoms with E-state index in [1.165, 1.54) is 16.9 Å². The van der Waals surface area contributed by atoms with Crippen LogP contribution in [0.25, 0.3) is 15.9 Å². The summed E-state index contributed by atoms with van der Waals surface area (Å²) in [5.74, 6) is 1.60. The van der Waals surface area contributed by atoms with Gasteiger partial charge in [-0.3, -0.25) is 4.90 Å². The highest BCUT2D eigenvalue weighted by Gasteiger charge is 2.28. The zero-order valence-electron chi connectivity index (χ0n) is 21.7. The van der Waals surface area contributed by atoms with Crippen LogP contribution in [0.4, 0.5) is 0 Å². The van der Waals surface area contributed by atoms with E-state index in [4.69, 9.17) is 30.8 Å². The number of aromatic carboxylic acids is 1. The summed E-state index contributed by atoms with van der Waals surface area (Å²) in [6.07, 6.45) is 4.14. The first-order valence-corrected chi connectivity index (χ1v) is 14.6. The lowest BCUT2D eigenvalue weighted by Gasteiger charge is -2.31. The minimum absolute atomic E-state index is 0.156. The van der Waals surface area contributed by atoms with Crippen LogP contribution >= 0.6 is 22.9 Å². The second kappa shape index (κ2) is 10.6. The minimum atomic E-state index is -0.914. The van der Waals surface area contributed by atoms with Gasteiger partial charge in [-0.2, -0.15) is 0 Å². The lowest BCUT2D eigenvalue weighted by molar-refractivity contribution is -0.0591. The van der Waals surface area contributed by atoms with Crippen LogP contribution in [-0.2, 0) is 17.8 Å². The molecular formula is C30H28ClN3O5S. The highest BCUT2D eigenvalue weighted by molar-refractivity contribution is 7.20. The van der Waals surface area contributed by atoms with Crippen molar-refractivity contribution in [1.82, 2.24) is 14.5 Å². The average molecular weight is 578 g/mol. The van der Waals surface area contributed by atoms with Gasteiger partial charge in [0.05, 0.1) is 24.7 Å². The van der Waals surface area contributed by atoms with E-state index in [9.17, 15) is 9.90 Å². The predicted octanol–water partition coefficient (Wildman–Crippen LogP) is 6.04. The number of thiophene rings is 1. The van der Waals surface area contributed by atoms with Crippen LogP contribution in [0, 0.1) is 0 Å². The summed E-state index contributed by atoms with van der Waals surface area (Å²) in [7, 11) is 0. The molecule has 0 bridgehead atoms. The lowest BCUT2D eigenvalue weighted by Crippen LogP contribution is -2.33. The van der Waals surface area contributed by atoms with Crippen LogP contribution in [0.2, 0.25) is 5.02 Å². The number of imidazole rings is 1. The zero-order chi connectivity index (χ0) is 27.2. The minimum Gasteiger partial charge on any atom is -0.485 e. The Morgan fingerprint density at radius 2 is 2.05 bits per heavy atom. The molecule has 0 aliphatic carbocycles. The normalized spacial score (nSPS) is 20.8. The first-order valence-electron chi connectivity index (χ1n) is 13.5. The van der Waals surface area contributed by atoms with Crippen molar-refractivity contribution >= 4 is 44.8 Å². The molecule has 2 atom stereocenters. The molecule has 3 aliphatic rings. The molecular weight excluding hydrogens is 550 g/mol. The molecule has 1 fully saturated rings. The van der Waals surface area contributed by atoms with Crippen LogP contribution in [0.3, 0.4) is 0 Å². The summed E-state index contributed by atoms with van der Waals surface area (Å²) in [4.78, 5) is 19.8. The molecule has 1 saturated heterocycles. The van der Waals surface area contributed by atoms with E-state index in [1.54, 1.807) is 6.07 Å². The van der Waals surface area contributed by atoms with Crippen molar-refractivity contribution in [3.05, 3.63) is 81.5 Å². The van der Waals surface area contributed by atoms with Crippen molar-refractivity contribution in [2.24, 2.45) is 0 Å². The zero-order valence-corrected chi connectivity index (χ0v) is 23.3. The highest BCUT2D eigenvalue weighted by Crippen LogP contribution is 2.43. The van der Waals surface area contributed by atoms with Crippen molar-refractivity contribution in [2.75, 3.05) is 26.3 Å². The molecule has 0 spiro atoms. The number of carboxylic acids is 1. The third-order valence-electron chi connectivity index (χ3n) is 7.79. The molecule has 206 valence electrons. The van der Waals surface area contributed by atoms with Crippen molar-refractivity contribution in [1.29, 1.82) is 0 Å². The van der Waals surface area contributed by atoms with Gasteiger partial charge in [-0.05, 0) is 48.2 Å². The van der Waals surface area contributed by atoms with Crippen LogP contribution in [0.1, 0.15) is 45.6 Å². The maximum absolute atomic E-state index is 11.5. The number of rotatable bonds is 7. The second-order valence-corrected chi connectivity index (χ2v) is 11.8. The first kappa shape index (κ1) is 25.6. The number of carbonyl (C=O) groups is 1. The fraction of sp³-hybridized carbons (Fsp3) is 0.333. The Labute approximate surface area is 240 Å². The molecule has 3 aliphatic heterocycles. The van der Waals surface area contributed by atoms with Crippen molar-refractivity contribution in [3.63, 3.8) is 0 Å². The molecule has 2 aromatic carbocycles. The van der Waals surface area contributed by atoms with Gasteiger partial charge in [0.25, 0.3) is 0 Å². The van der Waals surface area contributed by atoms with Gasteiger partial charge in [0.15, 0.2) is 17.6 Å². The molecule has 0 unspecified atom stereocenters. The van der Waals surface area contributed by atoms with Gasteiger partial charge in [0.2, 0.25) is 0 Å². The summed E-state index contributed by atoms with van der Waals surface area (Å²) in [5.41, 5.74) is 4.25. The SMILES string of the molecule is O=C(O)c1cc2c(nc(CN3CC=C(c4cccc5c4OC[C@@H](c4ccc(Cl)cc4)O5)CC3)n2C[C@@H]2CCO2)s1. The summed E-state index contributed by atoms with van der Waals surface area (Å²) in [6, 6.07) is 15.5. The fourth-order valence-corrected chi connectivity index (χ4v) is 6.54. The Morgan fingerprint density at radius 3 is 2.77 bits per heavy atom. The number of ether oxygens (including phenoxy) is 3. The number of hydrogen-bond donors (Lipinski definition) is 1. The molecule has 1 N–H and O–H groups in total. The maximum Gasteiger partial charge on any atom is 0.346 e. The van der Waals surface area contributed by atoms with Gasteiger partial charge >= 0.3 is 5.97 Å². The van der Waals surface area contributed by atoms with Gasteiger partial charge < -0.3 is 23.9 Å². The smallest absolute Gasteiger partial charge is 0.346 e. The number of benzene rings is 2. The molecule has 40 heavy (non-hydrogen) atoms. The molecule has 0 saturated carbocycles. The summed E-state index contributed by atoms with van der Waals surface area (Å²) in [5, 5.41) is 10.1. The van der Waals surface area contributed by atoms with Gasteiger partial charge in [-0.25, -0.2) is 9.78 Å². The van der Waals surface area contributed by atoms with Gasteiger partial charge in [-0.15, -0.1) is 11.3 Å². The Bertz CT molecular complexity index is 1610. The quantitative estimate of drug-likeness (QED) is 0.286. The maximum atomic E-state index is 11.5. The summed E-state index contributed by atoms with van der Waals surface area (Å²) < 4.78 is 20.4. The third-order valence-corrected chi connectivity index (χ3v) is 9.05. The highest BCUT2D eigenvalue weighted by atomic mass is 35.5. The monoisotopic (exact) mass is 577 g/mol. The topological polar surface area (TPSA) is 86.0 Å². The number of hydrogen-bond acceptors (Lipinski definition) is 7. The van der Waals surface area contributed by atoms with Crippen molar-refractivity contribution in [2.45, 2.75) is 38.1 Å². The van der Waals surface area contributed by atoms with Gasteiger partial charge in [0.1, 0.15) is 22.1 Å². The molecule has 2 aromatic heterocycles. The van der Waals surface area contributed by atoms with Crippen LogP contribution in [-0.4, -0.2) is 57.9 Å². The molecule has 5 heterocycles. The average Bonchev–Trinajstić information content (AvgIpc) is 3.49. The third kappa shape index (κ3) is 4.88. The van der Waals surface area contributed by atoms with Crippen molar-refractivity contribution < 1.29 is 24.1 Å². The largest absolute Gasteiger partial charge is 0.485 e. The number of nitrogens with zero attached hydrogens (tertiary/aromatic N) is 3. The number of halogens is 1.